The minimum Gasteiger partial charge on any atom is -0.328 e. The Labute approximate surface area is 123 Å². The van der Waals surface area contributed by atoms with Crippen LogP contribution in [0.15, 0.2) is 23.1 Å². The molecule has 1 saturated heterocycles. The van der Waals surface area contributed by atoms with Crippen molar-refractivity contribution in [1.82, 2.24) is 4.31 Å². The first-order valence-electron chi connectivity index (χ1n) is 6.05. The normalized spacial score (nSPS) is 25.5. The van der Waals surface area contributed by atoms with Gasteiger partial charge in [0.2, 0.25) is 10.0 Å². The molecule has 0 aliphatic carbocycles. The second-order valence-electron chi connectivity index (χ2n) is 4.80. The van der Waals surface area contributed by atoms with Gasteiger partial charge in [-0.1, -0.05) is 29.3 Å². The number of nitrogens with two attached hydrogens (primary N) is 1. The van der Waals surface area contributed by atoms with Crippen molar-refractivity contribution in [2.75, 3.05) is 6.54 Å². The fourth-order valence-corrected chi connectivity index (χ4v) is 4.75. The Morgan fingerprint density at radius 1 is 1.37 bits per heavy atom. The van der Waals surface area contributed by atoms with Crippen molar-refractivity contribution < 1.29 is 8.42 Å². The summed E-state index contributed by atoms with van der Waals surface area (Å²) >= 11 is 11.9. The Morgan fingerprint density at radius 3 is 2.68 bits per heavy atom. The summed E-state index contributed by atoms with van der Waals surface area (Å²) in [5, 5.41) is 0.315. The number of hydrogen-bond acceptors (Lipinski definition) is 3. The molecule has 0 spiro atoms. The third kappa shape index (κ3) is 2.90. The molecule has 19 heavy (non-hydrogen) atoms. The van der Waals surface area contributed by atoms with Gasteiger partial charge in [-0.2, -0.15) is 4.31 Å². The zero-order chi connectivity index (χ0) is 14.2. The van der Waals surface area contributed by atoms with Gasteiger partial charge in [-0.15, -0.1) is 0 Å². The van der Waals surface area contributed by atoms with Crippen LogP contribution < -0.4 is 5.73 Å². The SMILES string of the molecule is CC1CC(N)CCN1S(=O)(=O)c1cccc(Cl)c1Cl. The van der Waals surface area contributed by atoms with Crippen molar-refractivity contribution in [3.8, 4) is 0 Å². The average molecular weight is 323 g/mol. The second kappa shape index (κ2) is 5.58. The Hall–Kier alpha value is -0.330. The van der Waals surface area contributed by atoms with E-state index < -0.39 is 10.0 Å². The van der Waals surface area contributed by atoms with E-state index in [9.17, 15) is 8.42 Å². The van der Waals surface area contributed by atoms with Gasteiger partial charge in [0.15, 0.2) is 0 Å². The molecule has 0 saturated carbocycles. The van der Waals surface area contributed by atoms with Gasteiger partial charge in [0, 0.05) is 18.6 Å². The monoisotopic (exact) mass is 322 g/mol. The molecule has 106 valence electrons. The second-order valence-corrected chi connectivity index (χ2v) is 7.45. The van der Waals surface area contributed by atoms with Crippen LogP contribution in [0.2, 0.25) is 10.0 Å². The van der Waals surface area contributed by atoms with Crippen LogP contribution in [-0.2, 0) is 10.0 Å². The van der Waals surface area contributed by atoms with Gasteiger partial charge in [-0.25, -0.2) is 8.42 Å². The predicted molar refractivity (Wildman–Crippen MR) is 77.0 cm³/mol. The van der Waals surface area contributed by atoms with Crippen LogP contribution in [0.5, 0.6) is 0 Å². The molecule has 0 bridgehead atoms. The van der Waals surface area contributed by atoms with Crippen LogP contribution in [0.3, 0.4) is 0 Å². The van der Waals surface area contributed by atoms with Crippen molar-refractivity contribution in [3.05, 3.63) is 28.2 Å². The number of piperidine rings is 1. The molecule has 0 aromatic heterocycles. The van der Waals surface area contributed by atoms with Gasteiger partial charge in [0.05, 0.1) is 10.0 Å². The molecule has 1 aromatic rings. The largest absolute Gasteiger partial charge is 0.328 e. The van der Waals surface area contributed by atoms with Gasteiger partial charge < -0.3 is 5.73 Å². The molecule has 2 rings (SSSR count). The molecule has 2 unspecified atom stereocenters. The van der Waals surface area contributed by atoms with Gasteiger partial charge in [-0.3, -0.25) is 0 Å². The Morgan fingerprint density at radius 2 is 2.05 bits per heavy atom. The number of benzene rings is 1. The molecule has 1 aliphatic heterocycles. The Kier molecular flexibility index (Phi) is 4.42. The lowest BCUT2D eigenvalue weighted by molar-refractivity contribution is 0.247. The molecular formula is C12H16Cl2N2O2S. The highest BCUT2D eigenvalue weighted by Crippen LogP contribution is 2.33. The lowest BCUT2D eigenvalue weighted by atomic mass is 10.0. The first-order valence-corrected chi connectivity index (χ1v) is 8.25. The van der Waals surface area contributed by atoms with Crippen LogP contribution in [0.25, 0.3) is 0 Å². The standard InChI is InChI=1S/C12H16Cl2N2O2S/c1-8-7-9(15)5-6-16(8)19(17,18)11-4-2-3-10(13)12(11)14/h2-4,8-9H,5-7,15H2,1H3. The highest BCUT2D eigenvalue weighted by atomic mass is 35.5. The number of rotatable bonds is 2. The first kappa shape index (κ1) is 15.1. The maximum atomic E-state index is 12.6. The summed E-state index contributed by atoms with van der Waals surface area (Å²) in [7, 11) is -3.63. The summed E-state index contributed by atoms with van der Waals surface area (Å²) in [6.07, 6.45) is 1.30. The molecule has 7 heteroatoms. The van der Waals surface area contributed by atoms with Crippen molar-refractivity contribution in [3.63, 3.8) is 0 Å². The van der Waals surface area contributed by atoms with E-state index in [0.29, 0.717) is 19.4 Å². The third-order valence-corrected chi connectivity index (χ3v) is 6.35. The molecular weight excluding hydrogens is 307 g/mol. The number of halogens is 2. The predicted octanol–water partition coefficient (Wildman–Crippen LogP) is 2.49. The molecule has 1 fully saturated rings. The summed E-state index contributed by atoms with van der Waals surface area (Å²) in [6, 6.07) is 4.55. The maximum absolute atomic E-state index is 12.6. The molecule has 2 atom stereocenters. The zero-order valence-electron chi connectivity index (χ0n) is 10.5. The fraction of sp³-hybridized carbons (Fsp3) is 0.500. The Bertz CT molecular complexity index is 577. The summed E-state index contributed by atoms with van der Waals surface area (Å²) in [6.45, 7) is 2.27. The van der Waals surface area contributed by atoms with E-state index >= 15 is 0 Å². The number of nitrogens with zero attached hydrogens (tertiary/aromatic N) is 1. The minimum atomic E-state index is -3.63. The number of hydrogen-bond donors (Lipinski definition) is 1. The number of sulfonamides is 1. The van der Waals surface area contributed by atoms with E-state index in [1.165, 1.54) is 10.4 Å². The van der Waals surface area contributed by atoms with E-state index in [1.54, 1.807) is 12.1 Å². The highest BCUT2D eigenvalue weighted by Gasteiger charge is 2.34. The van der Waals surface area contributed by atoms with Gasteiger partial charge >= 0.3 is 0 Å². The molecule has 2 N–H and O–H groups in total. The molecule has 4 nitrogen and oxygen atoms in total. The fourth-order valence-electron chi connectivity index (χ4n) is 2.35. The zero-order valence-corrected chi connectivity index (χ0v) is 12.8. The molecule has 1 heterocycles. The van der Waals surface area contributed by atoms with E-state index in [-0.39, 0.29) is 27.0 Å². The quantitative estimate of drug-likeness (QED) is 0.909. The van der Waals surface area contributed by atoms with Crippen molar-refractivity contribution >= 4 is 33.2 Å². The van der Waals surface area contributed by atoms with E-state index in [2.05, 4.69) is 0 Å². The summed E-state index contributed by atoms with van der Waals surface area (Å²) in [5.74, 6) is 0. The third-order valence-electron chi connectivity index (χ3n) is 3.36. The van der Waals surface area contributed by atoms with Crippen LogP contribution in [0.1, 0.15) is 19.8 Å². The minimum absolute atomic E-state index is 0.0521. The van der Waals surface area contributed by atoms with Crippen LogP contribution in [-0.4, -0.2) is 31.4 Å². The lowest BCUT2D eigenvalue weighted by Gasteiger charge is -2.35. The average Bonchev–Trinajstić information content (AvgIpc) is 2.31. The smallest absolute Gasteiger partial charge is 0.244 e. The molecule has 0 radical (unpaired) electrons. The van der Waals surface area contributed by atoms with Crippen molar-refractivity contribution in [1.29, 1.82) is 0 Å². The molecule has 1 aliphatic rings. The maximum Gasteiger partial charge on any atom is 0.244 e. The Balaban J connectivity index is 2.40. The van der Waals surface area contributed by atoms with Crippen LogP contribution in [0, 0.1) is 0 Å². The van der Waals surface area contributed by atoms with Crippen LogP contribution >= 0.6 is 23.2 Å². The molecule has 1 aromatic carbocycles. The van der Waals surface area contributed by atoms with Gasteiger partial charge in [0.1, 0.15) is 4.90 Å². The molecule has 0 amide bonds. The summed E-state index contributed by atoms with van der Waals surface area (Å²) in [4.78, 5) is 0.0592. The highest BCUT2D eigenvalue weighted by molar-refractivity contribution is 7.89. The first-order chi connectivity index (χ1) is 8.84. The van der Waals surface area contributed by atoms with E-state index in [4.69, 9.17) is 28.9 Å². The van der Waals surface area contributed by atoms with E-state index in [0.717, 1.165) is 0 Å². The topological polar surface area (TPSA) is 63.4 Å². The van der Waals surface area contributed by atoms with Gasteiger partial charge in [0.25, 0.3) is 0 Å². The van der Waals surface area contributed by atoms with Crippen LogP contribution in [0.4, 0.5) is 0 Å². The van der Waals surface area contributed by atoms with E-state index in [1.807, 2.05) is 6.92 Å². The van der Waals surface area contributed by atoms with Crippen molar-refractivity contribution in [2.45, 2.75) is 36.7 Å². The summed E-state index contributed by atoms with van der Waals surface area (Å²) < 4.78 is 26.7. The van der Waals surface area contributed by atoms with Gasteiger partial charge in [-0.05, 0) is 31.9 Å². The lowest BCUT2D eigenvalue weighted by Crippen LogP contribution is -2.48. The van der Waals surface area contributed by atoms with Crippen molar-refractivity contribution in [2.24, 2.45) is 5.73 Å². The summed E-state index contributed by atoms with van der Waals surface area (Å²) in [5.41, 5.74) is 5.85.